The van der Waals surface area contributed by atoms with Gasteiger partial charge in [0.25, 0.3) is 0 Å². The average molecular weight is 247 g/mol. The molecule has 5 heteroatoms. The Labute approximate surface area is 108 Å². The van der Waals surface area contributed by atoms with Crippen LogP contribution in [0, 0.1) is 6.92 Å². The van der Waals surface area contributed by atoms with Gasteiger partial charge >= 0.3 is 0 Å². The standard InChI is InChI=1S/C13H21N5/c1-3-6-17-7-5-15-13(17)10-14-4-8-18-11-12(2)9-16-18/h5,7,9,11,14H,3-4,6,8,10H2,1-2H3. The Balaban J connectivity index is 1.73. The Morgan fingerprint density at radius 2 is 2.22 bits per heavy atom. The van der Waals surface area contributed by atoms with E-state index in [2.05, 4.69) is 40.0 Å². The molecule has 0 atom stereocenters. The van der Waals surface area contributed by atoms with Crippen LogP contribution in [0.5, 0.6) is 0 Å². The van der Waals surface area contributed by atoms with Crippen molar-refractivity contribution in [1.82, 2.24) is 24.6 Å². The van der Waals surface area contributed by atoms with Crippen LogP contribution in [0.15, 0.2) is 24.8 Å². The van der Waals surface area contributed by atoms with Crippen LogP contribution in [0.3, 0.4) is 0 Å². The van der Waals surface area contributed by atoms with Crippen molar-refractivity contribution in [3.8, 4) is 0 Å². The molecule has 2 aromatic heterocycles. The molecule has 0 aromatic carbocycles. The highest BCUT2D eigenvalue weighted by Crippen LogP contribution is 1.99. The van der Waals surface area contributed by atoms with Crippen molar-refractivity contribution in [2.45, 2.75) is 39.9 Å². The van der Waals surface area contributed by atoms with E-state index in [-0.39, 0.29) is 0 Å². The summed E-state index contributed by atoms with van der Waals surface area (Å²) < 4.78 is 4.16. The van der Waals surface area contributed by atoms with Gasteiger partial charge in [0.05, 0.1) is 19.3 Å². The minimum Gasteiger partial charge on any atom is -0.334 e. The Bertz CT molecular complexity index is 471. The van der Waals surface area contributed by atoms with E-state index < -0.39 is 0 Å². The second-order valence-electron chi connectivity index (χ2n) is 4.49. The first-order chi connectivity index (χ1) is 8.79. The number of hydrogen-bond acceptors (Lipinski definition) is 3. The highest BCUT2D eigenvalue weighted by atomic mass is 15.3. The number of nitrogens with zero attached hydrogens (tertiary/aromatic N) is 4. The molecule has 2 heterocycles. The lowest BCUT2D eigenvalue weighted by Gasteiger charge is -2.07. The summed E-state index contributed by atoms with van der Waals surface area (Å²) in [6, 6.07) is 0. The van der Waals surface area contributed by atoms with E-state index in [0.29, 0.717) is 0 Å². The van der Waals surface area contributed by atoms with Crippen LogP contribution in [0.1, 0.15) is 24.7 Å². The third-order valence-electron chi connectivity index (χ3n) is 2.83. The molecule has 2 rings (SSSR count). The van der Waals surface area contributed by atoms with E-state index in [0.717, 1.165) is 38.4 Å². The maximum atomic E-state index is 4.36. The quantitative estimate of drug-likeness (QED) is 0.756. The summed E-state index contributed by atoms with van der Waals surface area (Å²) in [7, 11) is 0. The Morgan fingerprint density at radius 1 is 1.33 bits per heavy atom. The number of hydrogen-bond donors (Lipinski definition) is 1. The summed E-state index contributed by atoms with van der Waals surface area (Å²) in [5.74, 6) is 1.11. The van der Waals surface area contributed by atoms with Crippen LogP contribution >= 0.6 is 0 Å². The van der Waals surface area contributed by atoms with Crippen molar-refractivity contribution >= 4 is 0 Å². The fraction of sp³-hybridized carbons (Fsp3) is 0.538. The van der Waals surface area contributed by atoms with E-state index in [9.17, 15) is 0 Å². The highest BCUT2D eigenvalue weighted by molar-refractivity contribution is 4.99. The summed E-state index contributed by atoms with van der Waals surface area (Å²) in [4.78, 5) is 4.36. The molecule has 0 radical (unpaired) electrons. The van der Waals surface area contributed by atoms with Gasteiger partial charge in [0, 0.05) is 31.7 Å². The zero-order valence-corrected chi connectivity index (χ0v) is 11.1. The van der Waals surface area contributed by atoms with Crippen LogP contribution in [-0.4, -0.2) is 25.9 Å². The Kier molecular flexibility index (Phi) is 4.52. The lowest BCUT2D eigenvalue weighted by molar-refractivity contribution is 0.532. The molecule has 0 aliphatic carbocycles. The molecule has 0 aliphatic heterocycles. The number of aromatic nitrogens is 4. The molecule has 0 saturated carbocycles. The molecular formula is C13H21N5. The zero-order chi connectivity index (χ0) is 12.8. The summed E-state index contributed by atoms with van der Waals surface area (Å²) in [6.07, 6.45) is 8.98. The number of rotatable bonds is 7. The van der Waals surface area contributed by atoms with E-state index in [1.54, 1.807) is 0 Å². The molecular weight excluding hydrogens is 226 g/mol. The number of nitrogens with one attached hydrogen (secondary N) is 1. The first kappa shape index (κ1) is 12.8. The maximum Gasteiger partial charge on any atom is 0.122 e. The van der Waals surface area contributed by atoms with Gasteiger partial charge in [0.2, 0.25) is 0 Å². The SMILES string of the molecule is CCCn1ccnc1CNCCn1cc(C)cn1. The van der Waals surface area contributed by atoms with Crippen molar-refractivity contribution in [2.75, 3.05) is 6.54 Å². The van der Waals surface area contributed by atoms with Crippen LogP contribution in [0.4, 0.5) is 0 Å². The first-order valence-electron chi connectivity index (χ1n) is 6.49. The fourth-order valence-electron chi connectivity index (χ4n) is 1.93. The lowest BCUT2D eigenvalue weighted by Crippen LogP contribution is -2.21. The van der Waals surface area contributed by atoms with Gasteiger partial charge in [-0.3, -0.25) is 4.68 Å². The molecule has 2 aromatic rings. The molecule has 98 valence electrons. The molecule has 0 saturated heterocycles. The average Bonchev–Trinajstić information content (AvgIpc) is 2.95. The minimum absolute atomic E-state index is 0.813. The fourth-order valence-corrected chi connectivity index (χ4v) is 1.93. The predicted octanol–water partition coefficient (Wildman–Crippen LogP) is 1.59. The van der Waals surface area contributed by atoms with Gasteiger partial charge in [-0.25, -0.2) is 4.98 Å². The second-order valence-corrected chi connectivity index (χ2v) is 4.49. The van der Waals surface area contributed by atoms with Crippen molar-refractivity contribution in [3.63, 3.8) is 0 Å². The summed E-state index contributed by atoms with van der Waals surface area (Å²) in [5, 5.41) is 7.65. The molecule has 0 aliphatic rings. The molecule has 0 fully saturated rings. The van der Waals surface area contributed by atoms with Crippen molar-refractivity contribution in [3.05, 3.63) is 36.2 Å². The van der Waals surface area contributed by atoms with Gasteiger partial charge in [-0.2, -0.15) is 5.10 Å². The van der Waals surface area contributed by atoms with Gasteiger partial charge < -0.3 is 9.88 Å². The number of aryl methyl sites for hydroxylation is 2. The zero-order valence-electron chi connectivity index (χ0n) is 11.1. The van der Waals surface area contributed by atoms with Crippen LogP contribution in [0.25, 0.3) is 0 Å². The third-order valence-corrected chi connectivity index (χ3v) is 2.83. The van der Waals surface area contributed by atoms with Crippen LogP contribution < -0.4 is 5.32 Å². The summed E-state index contributed by atoms with van der Waals surface area (Å²) in [6.45, 7) is 7.88. The normalized spacial score (nSPS) is 11.0. The van der Waals surface area contributed by atoms with Crippen molar-refractivity contribution in [2.24, 2.45) is 0 Å². The van der Waals surface area contributed by atoms with E-state index in [1.807, 2.05) is 23.3 Å². The smallest absolute Gasteiger partial charge is 0.122 e. The largest absolute Gasteiger partial charge is 0.334 e. The molecule has 0 spiro atoms. The van der Waals surface area contributed by atoms with E-state index in [1.165, 1.54) is 5.56 Å². The van der Waals surface area contributed by atoms with Crippen LogP contribution in [-0.2, 0) is 19.6 Å². The van der Waals surface area contributed by atoms with E-state index in [4.69, 9.17) is 0 Å². The monoisotopic (exact) mass is 247 g/mol. The third kappa shape index (κ3) is 3.43. The first-order valence-corrected chi connectivity index (χ1v) is 6.49. The minimum atomic E-state index is 0.813. The van der Waals surface area contributed by atoms with Gasteiger partial charge in [-0.05, 0) is 18.9 Å². The van der Waals surface area contributed by atoms with Gasteiger partial charge in [-0.1, -0.05) is 6.92 Å². The lowest BCUT2D eigenvalue weighted by atomic mass is 10.4. The molecule has 0 bridgehead atoms. The molecule has 5 nitrogen and oxygen atoms in total. The summed E-state index contributed by atoms with van der Waals surface area (Å²) in [5.41, 5.74) is 1.20. The molecule has 0 unspecified atom stereocenters. The summed E-state index contributed by atoms with van der Waals surface area (Å²) >= 11 is 0. The van der Waals surface area contributed by atoms with Crippen molar-refractivity contribution < 1.29 is 0 Å². The van der Waals surface area contributed by atoms with Crippen LogP contribution in [0.2, 0.25) is 0 Å². The Morgan fingerprint density at radius 3 is 2.94 bits per heavy atom. The van der Waals surface area contributed by atoms with Gasteiger partial charge in [0.15, 0.2) is 0 Å². The number of imidazole rings is 1. The van der Waals surface area contributed by atoms with Crippen molar-refractivity contribution in [1.29, 1.82) is 0 Å². The molecule has 18 heavy (non-hydrogen) atoms. The predicted molar refractivity (Wildman–Crippen MR) is 71.2 cm³/mol. The molecule has 1 N–H and O–H groups in total. The highest BCUT2D eigenvalue weighted by Gasteiger charge is 2.01. The second kappa shape index (κ2) is 6.35. The van der Waals surface area contributed by atoms with E-state index >= 15 is 0 Å². The molecule has 0 amide bonds. The van der Waals surface area contributed by atoms with Gasteiger partial charge in [0.1, 0.15) is 5.82 Å². The van der Waals surface area contributed by atoms with Gasteiger partial charge in [-0.15, -0.1) is 0 Å². The Hall–Kier alpha value is -1.62. The topological polar surface area (TPSA) is 47.7 Å². The maximum absolute atomic E-state index is 4.36.